The fourth-order valence-electron chi connectivity index (χ4n) is 1.86. The molecular formula is C12H15F2NO4S. The molecule has 1 atom stereocenters. The van der Waals surface area contributed by atoms with E-state index in [1.54, 1.807) is 13.8 Å². The molecule has 20 heavy (non-hydrogen) atoms. The van der Waals surface area contributed by atoms with Crippen LogP contribution in [0.15, 0.2) is 18.2 Å². The molecule has 112 valence electrons. The highest BCUT2D eigenvalue weighted by molar-refractivity contribution is 7.91. The number of rotatable bonds is 5. The Kier molecular flexibility index (Phi) is 3.77. The van der Waals surface area contributed by atoms with Crippen molar-refractivity contribution in [3.8, 4) is 11.5 Å². The van der Waals surface area contributed by atoms with Gasteiger partial charge >= 0.3 is 6.29 Å². The molecule has 1 aliphatic heterocycles. The second kappa shape index (κ2) is 5.08. The van der Waals surface area contributed by atoms with Gasteiger partial charge in [0.1, 0.15) is 0 Å². The summed E-state index contributed by atoms with van der Waals surface area (Å²) in [6.45, 7) is 3.27. The van der Waals surface area contributed by atoms with E-state index in [4.69, 9.17) is 0 Å². The summed E-state index contributed by atoms with van der Waals surface area (Å²) < 4.78 is 57.3. The van der Waals surface area contributed by atoms with Gasteiger partial charge < -0.3 is 14.8 Å². The van der Waals surface area contributed by atoms with E-state index in [1.807, 2.05) is 0 Å². The third-order valence-corrected chi connectivity index (χ3v) is 4.65. The molecule has 0 aromatic heterocycles. The lowest BCUT2D eigenvalue weighted by Crippen LogP contribution is -2.26. The molecule has 5 nitrogen and oxygen atoms in total. The molecule has 0 saturated carbocycles. The molecule has 1 unspecified atom stereocenters. The molecule has 8 heteroatoms. The van der Waals surface area contributed by atoms with Crippen molar-refractivity contribution in [2.45, 2.75) is 26.2 Å². The Hall–Kier alpha value is -1.57. The summed E-state index contributed by atoms with van der Waals surface area (Å²) in [5.74, 6) is -0.0968. The van der Waals surface area contributed by atoms with Crippen LogP contribution in [0.2, 0.25) is 0 Å². The third-order valence-electron chi connectivity index (χ3n) is 2.76. The second-order valence-corrected chi connectivity index (χ2v) is 6.97. The van der Waals surface area contributed by atoms with Crippen molar-refractivity contribution in [2.24, 2.45) is 0 Å². The summed E-state index contributed by atoms with van der Waals surface area (Å²) in [6.07, 6.45) is -3.65. The van der Waals surface area contributed by atoms with Gasteiger partial charge in [0, 0.05) is 23.5 Å². The van der Waals surface area contributed by atoms with Crippen molar-refractivity contribution in [1.82, 2.24) is 0 Å². The normalized spacial score (nSPS) is 17.8. The maximum Gasteiger partial charge on any atom is 0.586 e. The van der Waals surface area contributed by atoms with E-state index in [0.29, 0.717) is 5.69 Å². The molecule has 0 amide bonds. The average Bonchev–Trinajstić information content (AvgIpc) is 2.61. The Balaban J connectivity index is 2.06. The predicted molar refractivity (Wildman–Crippen MR) is 70.1 cm³/mol. The Morgan fingerprint density at radius 3 is 2.60 bits per heavy atom. The zero-order valence-electron chi connectivity index (χ0n) is 11.0. The second-order valence-electron chi connectivity index (χ2n) is 4.57. The van der Waals surface area contributed by atoms with Crippen molar-refractivity contribution in [1.29, 1.82) is 0 Å². The van der Waals surface area contributed by atoms with Crippen molar-refractivity contribution in [2.75, 3.05) is 16.8 Å². The first-order valence-corrected chi connectivity index (χ1v) is 7.90. The highest BCUT2D eigenvalue weighted by Gasteiger charge is 2.43. The molecule has 2 rings (SSSR count). The standard InChI is InChI=1S/C12H15F2NO4S/c1-3-20(16,17)7-8(2)15-9-4-5-10-11(6-9)19-12(13,14)18-10/h4-6,8,15H,3,7H2,1-2H3. The van der Waals surface area contributed by atoms with Crippen molar-refractivity contribution < 1.29 is 26.7 Å². The van der Waals surface area contributed by atoms with Crippen LogP contribution in [-0.2, 0) is 9.84 Å². The number of sulfone groups is 1. The topological polar surface area (TPSA) is 64.6 Å². The molecule has 0 spiro atoms. The summed E-state index contributed by atoms with van der Waals surface area (Å²) in [5.41, 5.74) is 0.490. The lowest BCUT2D eigenvalue weighted by molar-refractivity contribution is -0.286. The van der Waals surface area contributed by atoms with E-state index in [2.05, 4.69) is 14.8 Å². The van der Waals surface area contributed by atoms with Gasteiger partial charge in [-0.05, 0) is 19.1 Å². The smallest absolute Gasteiger partial charge is 0.395 e. The zero-order chi connectivity index (χ0) is 15.0. The zero-order valence-corrected chi connectivity index (χ0v) is 11.8. The number of hydrogen-bond donors (Lipinski definition) is 1. The van der Waals surface area contributed by atoms with Gasteiger partial charge in [0.15, 0.2) is 21.3 Å². The average molecular weight is 307 g/mol. The minimum absolute atomic E-state index is 0.0336. The van der Waals surface area contributed by atoms with Crippen LogP contribution in [0.3, 0.4) is 0 Å². The van der Waals surface area contributed by atoms with Crippen molar-refractivity contribution >= 4 is 15.5 Å². The van der Waals surface area contributed by atoms with Gasteiger partial charge in [-0.3, -0.25) is 0 Å². The lowest BCUT2D eigenvalue weighted by atomic mass is 10.2. The number of fused-ring (bicyclic) bond motifs is 1. The number of anilines is 1. The Morgan fingerprint density at radius 2 is 1.95 bits per heavy atom. The SMILES string of the molecule is CCS(=O)(=O)CC(C)Nc1ccc2c(c1)OC(F)(F)O2. The van der Waals surface area contributed by atoms with Gasteiger partial charge in [-0.15, -0.1) is 8.78 Å². The largest absolute Gasteiger partial charge is 0.586 e. The first kappa shape index (κ1) is 14.8. The molecule has 1 aliphatic rings. The Morgan fingerprint density at radius 1 is 1.30 bits per heavy atom. The summed E-state index contributed by atoms with van der Waals surface area (Å²) >= 11 is 0. The van der Waals surface area contributed by atoms with Crippen molar-refractivity contribution in [3.05, 3.63) is 18.2 Å². The summed E-state index contributed by atoms with van der Waals surface area (Å²) in [5, 5.41) is 2.93. The summed E-state index contributed by atoms with van der Waals surface area (Å²) in [7, 11) is -3.11. The molecule has 1 heterocycles. The highest BCUT2D eigenvalue weighted by Crippen LogP contribution is 2.42. The van der Waals surface area contributed by atoms with Crippen LogP contribution in [0.5, 0.6) is 11.5 Å². The van der Waals surface area contributed by atoms with E-state index in [-0.39, 0.29) is 29.0 Å². The number of hydrogen-bond acceptors (Lipinski definition) is 5. The predicted octanol–water partition coefficient (Wildman–Crippen LogP) is 2.24. The number of ether oxygens (including phenoxy) is 2. The van der Waals surface area contributed by atoms with Crippen LogP contribution < -0.4 is 14.8 Å². The molecule has 1 aromatic rings. The van der Waals surface area contributed by atoms with Gasteiger partial charge in [0.2, 0.25) is 0 Å². The number of alkyl halides is 2. The molecule has 0 fully saturated rings. The van der Waals surface area contributed by atoms with Crippen molar-refractivity contribution in [3.63, 3.8) is 0 Å². The van der Waals surface area contributed by atoms with Crippen LogP contribution in [0.4, 0.5) is 14.5 Å². The fourth-order valence-corrected chi connectivity index (χ4v) is 2.94. The van der Waals surface area contributed by atoms with E-state index >= 15 is 0 Å². The minimum Gasteiger partial charge on any atom is -0.395 e. The van der Waals surface area contributed by atoms with E-state index in [1.165, 1.54) is 18.2 Å². The highest BCUT2D eigenvalue weighted by atomic mass is 32.2. The maximum atomic E-state index is 12.9. The van der Waals surface area contributed by atoms with Crippen LogP contribution in [-0.4, -0.2) is 32.3 Å². The first-order valence-electron chi connectivity index (χ1n) is 6.07. The quantitative estimate of drug-likeness (QED) is 0.904. The number of benzene rings is 1. The van der Waals surface area contributed by atoms with E-state index < -0.39 is 16.1 Å². The van der Waals surface area contributed by atoms with Gasteiger partial charge in [-0.25, -0.2) is 8.42 Å². The van der Waals surface area contributed by atoms with Crippen LogP contribution >= 0.6 is 0 Å². The monoisotopic (exact) mass is 307 g/mol. The van der Waals surface area contributed by atoms with Gasteiger partial charge in [0.25, 0.3) is 0 Å². The van der Waals surface area contributed by atoms with E-state index in [0.717, 1.165) is 0 Å². The van der Waals surface area contributed by atoms with Gasteiger partial charge in [0.05, 0.1) is 5.75 Å². The maximum absolute atomic E-state index is 12.9. The third kappa shape index (κ3) is 3.50. The molecule has 0 radical (unpaired) electrons. The Bertz CT molecular complexity index is 603. The molecular weight excluding hydrogens is 292 g/mol. The molecule has 0 aliphatic carbocycles. The minimum atomic E-state index is -3.65. The molecule has 0 bridgehead atoms. The number of nitrogens with one attached hydrogen (secondary N) is 1. The fraction of sp³-hybridized carbons (Fsp3) is 0.500. The first-order chi connectivity index (χ1) is 9.21. The summed E-state index contributed by atoms with van der Waals surface area (Å²) in [6, 6.07) is 3.88. The van der Waals surface area contributed by atoms with Crippen LogP contribution in [0.25, 0.3) is 0 Å². The van der Waals surface area contributed by atoms with Gasteiger partial charge in [-0.2, -0.15) is 0 Å². The van der Waals surface area contributed by atoms with E-state index in [9.17, 15) is 17.2 Å². The van der Waals surface area contributed by atoms with Crippen LogP contribution in [0, 0.1) is 0 Å². The number of halogens is 2. The Labute approximate surface area is 115 Å². The van der Waals surface area contributed by atoms with Gasteiger partial charge in [-0.1, -0.05) is 6.92 Å². The lowest BCUT2D eigenvalue weighted by Gasteiger charge is -2.15. The summed E-state index contributed by atoms with van der Waals surface area (Å²) in [4.78, 5) is 0. The molecule has 1 N–H and O–H groups in total. The molecule has 0 saturated heterocycles. The molecule has 1 aromatic carbocycles. The van der Waals surface area contributed by atoms with Crippen LogP contribution in [0.1, 0.15) is 13.8 Å².